The summed E-state index contributed by atoms with van der Waals surface area (Å²) in [5.41, 5.74) is 4.88. The van der Waals surface area contributed by atoms with E-state index in [0.29, 0.717) is 0 Å². The SMILES string of the molecule is c1ncc(CC2CCC3=C2CCC3)[nH]1. The highest BCUT2D eigenvalue weighted by Crippen LogP contribution is 2.43. The molecule has 3 rings (SSSR count). The second-order valence-electron chi connectivity index (χ2n) is 4.50. The minimum atomic E-state index is 0.827. The first-order valence-electron chi connectivity index (χ1n) is 5.61. The van der Waals surface area contributed by atoms with Crippen LogP contribution in [0.2, 0.25) is 0 Å². The number of aromatic nitrogens is 2. The summed E-state index contributed by atoms with van der Waals surface area (Å²) in [5, 5.41) is 0. The molecule has 2 aliphatic carbocycles. The third-order valence-electron chi connectivity index (χ3n) is 3.69. The fourth-order valence-corrected chi connectivity index (χ4v) is 3.02. The molecule has 2 heteroatoms. The van der Waals surface area contributed by atoms with Crippen LogP contribution in [-0.4, -0.2) is 9.97 Å². The molecule has 1 aromatic rings. The van der Waals surface area contributed by atoms with Gasteiger partial charge in [-0.15, -0.1) is 0 Å². The zero-order valence-corrected chi connectivity index (χ0v) is 8.42. The predicted molar refractivity (Wildman–Crippen MR) is 55.9 cm³/mol. The molecule has 2 aliphatic rings. The van der Waals surface area contributed by atoms with Crippen LogP contribution in [0, 0.1) is 5.92 Å². The Labute approximate surface area is 84.4 Å². The first-order chi connectivity index (χ1) is 6.93. The van der Waals surface area contributed by atoms with Crippen LogP contribution in [0.4, 0.5) is 0 Å². The maximum absolute atomic E-state index is 4.08. The predicted octanol–water partition coefficient (Wildman–Crippen LogP) is 2.84. The summed E-state index contributed by atoms with van der Waals surface area (Å²) >= 11 is 0. The molecule has 0 fully saturated rings. The van der Waals surface area contributed by atoms with Crippen LogP contribution in [0.25, 0.3) is 0 Å². The number of H-pyrrole nitrogens is 1. The average molecular weight is 188 g/mol. The molecule has 0 bridgehead atoms. The summed E-state index contributed by atoms with van der Waals surface area (Å²) in [6.07, 6.45) is 11.8. The Balaban J connectivity index is 1.75. The number of allylic oxidation sites excluding steroid dienone is 2. The van der Waals surface area contributed by atoms with E-state index in [4.69, 9.17) is 0 Å². The number of nitrogens with zero attached hydrogens (tertiary/aromatic N) is 1. The molecule has 1 N–H and O–H groups in total. The summed E-state index contributed by atoms with van der Waals surface area (Å²) in [6.45, 7) is 0. The number of imidazole rings is 1. The van der Waals surface area contributed by atoms with Gasteiger partial charge in [0.1, 0.15) is 0 Å². The lowest BCUT2D eigenvalue weighted by Gasteiger charge is -2.11. The van der Waals surface area contributed by atoms with E-state index in [-0.39, 0.29) is 0 Å². The van der Waals surface area contributed by atoms with Gasteiger partial charge in [0.25, 0.3) is 0 Å². The third kappa shape index (κ3) is 1.29. The van der Waals surface area contributed by atoms with Gasteiger partial charge >= 0.3 is 0 Å². The number of hydrogen-bond acceptors (Lipinski definition) is 1. The lowest BCUT2D eigenvalue weighted by molar-refractivity contribution is 0.565. The number of nitrogens with one attached hydrogen (secondary N) is 1. The zero-order valence-electron chi connectivity index (χ0n) is 8.42. The first kappa shape index (κ1) is 8.27. The van der Waals surface area contributed by atoms with Crippen LogP contribution in [0.5, 0.6) is 0 Å². The maximum atomic E-state index is 4.08. The Kier molecular flexibility index (Phi) is 1.93. The topological polar surface area (TPSA) is 28.7 Å². The fraction of sp³-hybridized carbons (Fsp3) is 0.583. The van der Waals surface area contributed by atoms with Gasteiger partial charge in [-0.3, -0.25) is 0 Å². The normalized spacial score (nSPS) is 25.9. The van der Waals surface area contributed by atoms with E-state index < -0.39 is 0 Å². The number of rotatable bonds is 2. The summed E-state index contributed by atoms with van der Waals surface area (Å²) in [5.74, 6) is 0.827. The third-order valence-corrected chi connectivity index (χ3v) is 3.69. The number of hydrogen-bond donors (Lipinski definition) is 1. The monoisotopic (exact) mass is 188 g/mol. The quantitative estimate of drug-likeness (QED) is 0.710. The van der Waals surface area contributed by atoms with Crippen molar-refractivity contribution >= 4 is 0 Å². The van der Waals surface area contributed by atoms with Crippen molar-refractivity contribution in [1.82, 2.24) is 9.97 Å². The molecule has 2 nitrogen and oxygen atoms in total. The smallest absolute Gasteiger partial charge is 0.0921 e. The van der Waals surface area contributed by atoms with Crippen molar-refractivity contribution in [3.05, 3.63) is 29.4 Å². The molecule has 0 amide bonds. The Morgan fingerprint density at radius 3 is 3.21 bits per heavy atom. The molecule has 74 valence electrons. The van der Waals surface area contributed by atoms with Crippen LogP contribution < -0.4 is 0 Å². The summed E-state index contributed by atoms with van der Waals surface area (Å²) in [6, 6.07) is 0. The van der Waals surface area contributed by atoms with Crippen molar-refractivity contribution in [2.24, 2.45) is 5.92 Å². The van der Waals surface area contributed by atoms with Gasteiger partial charge in [-0.1, -0.05) is 11.1 Å². The van der Waals surface area contributed by atoms with E-state index >= 15 is 0 Å². The first-order valence-corrected chi connectivity index (χ1v) is 5.61. The molecule has 0 aliphatic heterocycles. The number of aromatic amines is 1. The standard InChI is InChI=1S/C12H16N2/c1-2-9-4-5-10(12(9)3-1)6-11-7-13-8-14-11/h7-8,10H,1-6H2,(H,13,14). The second-order valence-corrected chi connectivity index (χ2v) is 4.50. The van der Waals surface area contributed by atoms with Gasteiger partial charge in [-0.2, -0.15) is 0 Å². The molecular weight excluding hydrogens is 172 g/mol. The largest absolute Gasteiger partial charge is 0.348 e. The van der Waals surface area contributed by atoms with Crippen LogP contribution in [0.1, 0.15) is 37.8 Å². The maximum Gasteiger partial charge on any atom is 0.0921 e. The Morgan fingerprint density at radius 1 is 1.36 bits per heavy atom. The van der Waals surface area contributed by atoms with Crippen molar-refractivity contribution in [1.29, 1.82) is 0 Å². The molecule has 1 unspecified atom stereocenters. The molecule has 0 saturated heterocycles. The van der Waals surface area contributed by atoms with Gasteiger partial charge in [-0.05, 0) is 44.4 Å². The average Bonchev–Trinajstić information content (AvgIpc) is 2.85. The zero-order chi connectivity index (χ0) is 9.38. The second kappa shape index (κ2) is 3.26. The minimum Gasteiger partial charge on any atom is -0.348 e. The van der Waals surface area contributed by atoms with E-state index in [9.17, 15) is 0 Å². The Morgan fingerprint density at radius 2 is 2.36 bits per heavy atom. The highest BCUT2D eigenvalue weighted by molar-refractivity contribution is 5.28. The molecule has 0 spiro atoms. The van der Waals surface area contributed by atoms with E-state index in [1.807, 2.05) is 6.20 Å². The van der Waals surface area contributed by atoms with E-state index in [1.165, 1.54) is 44.2 Å². The summed E-state index contributed by atoms with van der Waals surface area (Å²) in [7, 11) is 0. The van der Waals surface area contributed by atoms with Crippen molar-refractivity contribution in [2.75, 3.05) is 0 Å². The van der Waals surface area contributed by atoms with Crippen LogP contribution in [0.3, 0.4) is 0 Å². The van der Waals surface area contributed by atoms with Gasteiger partial charge in [0, 0.05) is 11.9 Å². The summed E-state index contributed by atoms with van der Waals surface area (Å²) < 4.78 is 0. The van der Waals surface area contributed by atoms with Crippen molar-refractivity contribution in [2.45, 2.75) is 38.5 Å². The Bertz CT molecular complexity index is 348. The molecule has 0 radical (unpaired) electrons. The van der Waals surface area contributed by atoms with Gasteiger partial charge in [0.2, 0.25) is 0 Å². The summed E-state index contributed by atoms with van der Waals surface area (Å²) in [4.78, 5) is 7.29. The lowest BCUT2D eigenvalue weighted by atomic mass is 9.94. The molecule has 1 heterocycles. The minimum absolute atomic E-state index is 0.827. The van der Waals surface area contributed by atoms with Gasteiger partial charge in [0.15, 0.2) is 0 Å². The van der Waals surface area contributed by atoms with Gasteiger partial charge < -0.3 is 4.98 Å². The molecule has 0 aromatic carbocycles. The van der Waals surface area contributed by atoms with E-state index in [2.05, 4.69) is 9.97 Å². The van der Waals surface area contributed by atoms with Crippen molar-refractivity contribution in [3.63, 3.8) is 0 Å². The van der Waals surface area contributed by atoms with E-state index in [1.54, 1.807) is 17.5 Å². The highest BCUT2D eigenvalue weighted by atomic mass is 14.9. The van der Waals surface area contributed by atoms with E-state index in [0.717, 1.165) is 5.92 Å². The Hall–Kier alpha value is -1.05. The molecule has 1 atom stereocenters. The van der Waals surface area contributed by atoms with Crippen molar-refractivity contribution in [3.8, 4) is 0 Å². The lowest BCUT2D eigenvalue weighted by Crippen LogP contribution is -2.03. The van der Waals surface area contributed by atoms with Crippen LogP contribution >= 0.6 is 0 Å². The van der Waals surface area contributed by atoms with Gasteiger partial charge in [0.05, 0.1) is 6.33 Å². The molecule has 0 saturated carbocycles. The van der Waals surface area contributed by atoms with Gasteiger partial charge in [-0.25, -0.2) is 4.98 Å². The van der Waals surface area contributed by atoms with Crippen molar-refractivity contribution < 1.29 is 0 Å². The highest BCUT2D eigenvalue weighted by Gasteiger charge is 2.28. The molecule has 1 aromatic heterocycles. The van der Waals surface area contributed by atoms with Crippen LogP contribution in [-0.2, 0) is 6.42 Å². The molecule has 14 heavy (non-hydrogen) atoms. The fourth-order valence-electron chi connectivity index (χ4n) is 3.02. The molecular formula is C12H16N2. The van der Waals surface area contributed by atoms with Crippen LogP contribution in [0.15, 0.2) is 23.7 Å².